The lowest BCUT2D eigenvalue weighted by atomic mass is 10.0. The lowest BCUT2D eigenvalue weighted by molar-refractivity contribution is -0.136. The van der Waals surface area contributed by atoms with E-state index in [1.165, 1.54) is 13.2 Å². The summed E-state index contributed by atoms with van der Waals surface area (Å²) in [6, 6.07) is 2.47. The van der Waals surface area contributed by atoms with Crippen molar-refractivity contribution in [2.75, 3.05) is 7.11 Å². The fraction of sp³-hybridized carbons (Fsp3) is 0.364. The molecule has 1 rings (SSSR count). The van der Waals surface area contributed by atoms with E-state index in [2.05, 4.69) is 0 Å². The van der Waals surface area contributed by atoms with Gasteiger partial charge in [0.25, 0.3) is 0 Å². The van der Waals surface area contributed by atoms with Crippen molar-refractivity contribution >= 4 is 5.97 Å². The summed E-state index contributed by atoms with van der Waals surface area (Å²) in [7, 11) is 1.29. The minimum Gasteiger partial charge on any atom is -0.493 e. The minimum absolute atomic E-state index is 0.0153. The van der Waals surface area contributed by atoms with E-state index in [0.717, 1.165) is 6.07 Å². The zero-order chi connectivity index (χ0) is 12.1. The number of carboxylic acid groups (broad SMARTS) is 1. The molecule has 1 aromatic carbocycles. The Balaban J connectivity index is 3.02. The van der Waals surface area contributed by atoms with Crippen molar-refractivity contribution in [3.05, 3.63) is 29.1 Å². The predicted octanol–water partition coefficient (Wildman–Crippen LogP) is 2.32. The van der Waals surface area contributed by atoms with Crippen LogP contribution >= 0.6 is 0 Å². The molecule has 88 valence electrons. The van der Waals surface area contributed by atoms with E-state index in [1.807, 2.05) is 0 Å². The average Bonchev–Trinajstić information content (AvgIpc) is 2.25. The van der Waals surface area contributed by atoms with E-state index < -0.39 is 18.5 Å². The summed E-state index contributed by atoms with van der Waals surface area (Å²) in [4.78, 5) is 10.4. The monoisotopic (exact) mass is 230 g/mol. The highest BCUT2D eigenvalue weighted by molar-refractivity contribution is 5.67. The number of ether oxygens (including phenoxy) is 1. The van der Waals surface area contributed by atoms with Gasteiger partial charge in [0.1, 0.15) is 6.67 Å². The molecule has 0 aliphatic carbocycles. The summed E-state index contributed by atoms with van der Waals surface area (Å²) in [6.45, 7) is -0.791. The van der Waals surface area contributed by atoms with Crippen molar-refractivity contribution in [3.63, 3.8) is 0 Å². The standard InChI is InChI=1S/C11H12F2O3/c1-16-11-8(2-3-10(14)15)4-7(6-12)5-9(11)13/h4-5H,2-3,6H2,1H3,(H,14,15). The van der Waals surface area contributed by atoms with Crippen molar-refractivity contribution in [1.82, 2.24) is 0 Å². The van der Waals surface area contributed by atoms with Crippen LogP contribution in [0.1, 0.15) is 17.5 Å². The second-order valence-electron chi connectivity index (χ2n) is 3.30. The van der Waals surface area contributed by atoms with E-state index in [0.29, 0.717) is 5.56 Å². The average molecular weight is 230 g/mol. The van der Waals surface area contributed by atoms with Crippen LogP contribution < -0.4 is 4.74 Å². The second kappa shape index (κ2) is 5.44. The summed E-state index contributed by atoms with van der Waals surface area (Å²) >= 11 is 0. The van der Waals surface area contributed by atoms with Crippen molar-refractivity contribution in [2.45, 2.75) is 19.5 Å². The van der Waals surface area contributed by atoms with E-state index >= 15 is 0 Å². The van der Waals surface area contributed by atoms with Gasteiger partial charge in [-0.3, -0.25) is 4.79 Å². The van der Waals surface area contributed by atoms with Crippen LogP contribution in [0.4, 0.5) is 8.78 Å². The third-order valence-electron chi connectivity index (χ3n) is 2.15. The molecule has 0 saturated heterocycles. The Morgan fingerprint density at radius 3 is 2.69 bits per heavy atom. The predicted molar refractivity (Wildman–Crippen MR) is 53.7 cm³/mol. The molecule has 0 aliphatic heterocycles. The van der Waals surface area contributed by atoms with Crippen LogP contribution in [0.5, 0.6) is 5.75 Å². The molecule has 5 heteroatoms. The zero-order valence-electron chi connectivity index (χ0n) is 8.80. The van der Waals surface area contributed by atoms with Gasteiger partial charge in [0.15, 0.2) is 11.6 Å². The normalized spacial score (nSPS) is 10.2. The molecule has 0 aromatic heterocycles. The first-order chi connectivity index (χ1) is 7.58. The number of benzene rings is 1. The summed E-state index contributed by atoms with van der Waals surface area (Å²) in [6.07, 6.45) is -0.0329. The molecular formula is C11H12F2O3. The molecule has 1 N–H and O–H groups in total. The molecule has 0 fully saturated rings. The Labute approximate surface area is 91.7 Å². The number of alkyl halides is 1. The van der Waals surface area contributed by atoms with Gasteiger partial charge in [0.2, 0.25) is 0 Å². The number of hydrogen-bond donors (Lipinski definition) is 1. The molecule has 0 heterocycles. The van der Waals surface area contributed by atoms with Crippen molar-refractivity contribution < 1.29 is 23.4 Å². The van der Waals surface area contributed by atoms with Gasteiger partial charge in [0, 0.05) is 6.42 Å². The lowest BCUT2D eigenvalue weighted by Crippen LogP contribution is -2.02. The number of methoxy groups -OCH3 is 1. The van der Waals surface area contributed by atoms with Crippen LogP contribution in [0.15, 0.2) is 12.1 Å². The topological polar surface area (TPSA) is 46.5 Å². The molecule has 1 aromatic rings. The van der Waals surface area contributed by atoms with E-state index in [4.69, 9.17) is 9.84 Å². The Morgan fingerprint density at radius 2 is 2.19 bits per heavy atom. The molecular weight excluding hydrogens is 218 g/mol. The molecule has 0 aliphatic rings. The van der Waals surface area contributed by atoms with Crippen LogP contribution in [0, 0.1) is 5.82 Å². The van der Waals surface area contributed by atoms with Crippen LogP contribution in [-0.2, 0) is 17.9 Å². The van der Waals surface area contributed by atoms with Gasteiger partial charge < -0.3 is 9.84 Å². The molecule has 16 heavy (non-hydrogen) atoms. The fourth-order valence-electron chi connectivity index (χ4n) is 1.45. The highest BCUT2D eigenvalue weighted by Crippen LogP contribution is 2.26. The first kappa shape index (κ1) is 12.4. The summed E-state index contributed by atoms with van der Waals surface area (Å²) in [5.41, 5.74) is 0.552. The van der Waals surface area contributed by atoms with Crippen LogP contribution in [-0.4, -0.2) is 18.2 Å². The minimum atomic E-state index is -0.992. The fourth-order valence-corrected chi connectivity index (χ4v) is 1.45. The molecule has 0 unspecified atom stereocenters. The Kier molecular flexibility index (Phi) is 4.22. The first-order valence-electron chi connectivity index (χ1n) is 4.71. The summed E-state index contributed by atoms with van der Waals surface area (Å²) in [5.74, 6) is -1.68. The van der Waals surface area contributed by atoms with E-state index in [9.17, 15) is 13.6 Å². The van der Waals surface area contributed by atoms with Crippen LogP contribution in [0.25, 0.3) is 0 Å². The molecule has 0 spiro atoms. The van der Waals surface area contributed by atoms with Gasteiger partial charge in [-0.15, -0.1) is 0 Å². The van der Waals surface area contributed by atoms with Gasteiger partial charge in [-0.2, -0.15) is 0 Å². The molecule has 0 saturated carbocycles. The van der Waals surface area contributed by atoms with Gasteiger partial charge in [0.05, 0.1) is 7.11 Å². The van der Waals surface area contributed by atoms with Crippen LogP contribution in [0.2, 0.25) is 0 Å². The van der Waals surface area contributed by atoms with Crippen LogP contribution in [0.3, 0.4) is 0 Å². The summed E-state index contributed by atoms with van der Waals surface area (Å²) < 4.78 is 30.6. The number of carbonyl (C=O) groups is 1. The number of aliphatic carboxylic acids is 1. The molecule has 3 nitrogen and oxygen atoms in total. The maximum Gasteiger partial charge on any atom is 0.303 e. The highest BCUT2D eigenvalue weighted by Gasteiger charge is 2.12. The molecule has 0 amide bonds. The number of carboxylic acids is 1. The zero-order valence-corrected chi connectivity index (χ0v) is 8.80. The SMILES string of the molecule is COc1c(F)cc(CF)cc1CCC(=O)O. The quantitative estimate of drug-likeness (QED) is 0.844. The smallest absolute Gasteiger partial charge is 0.303 e. The number of aryl methyl sites for hydroxylation is 1. The molecule has 0 atom stereocenters. The van der Waals surface area contributed by atoms with Crippen molar-refractivity contribution in [2.24, 2.45) is 0 Å². The van der Waals surface area contributed by atoms with Gasteiger partial charge in [-0.05, 0) is 29.7 Å². The number of halogens is 2. The maximum absolute atomic E-state index is 13.4. The largest absolute Gasteiger partial charge is 0.493 e. The first-order valence-corrected chi connectivity index (χ1v) is 4.71. The number of hydrogen-bond acceptors (Lipinski definition) is 2. The molecule has 0 radical (unpaired) electrons. The highest BCUT2D eigenvalue weighted by atomic mass is 19.1. The third kappa shape index (κ3) is 2.92. The van der Waals surface area contributed by atoms with Gasteiger partial charge >= 0.3 is 5.97 Å². The Morgan fingerprint density at radius 1 is 1.50 bits per heavy atom. The Bertz CT molecular complexity index is 391. The van der Waals surface area contributed by atoms with Gasteiger partial charge in [-0.25, -0.2) is 8.78 Å². The second-order valence-corrected chi connectivity index (χ2v) is 3.30. The summed E-state index contributed by atoms with van der Waals surface area (Å²) in [5, 5.41) is 8.53. The Hall–Kier alpha value is -1.65. The van der Waals surface area contributed by atoms with E-state index in [1.54, 1.807) is 0 Å². The van der Waals surface area contributed by atoms with E-state index in [-0.39, 0.29) is 24.2 Å². The van der Waals surface area contributed by atoms with Gasteiger partial charge in [-0.1, -0.05) is 0 Å². The number of rotatable bonds is 5. The maximum atomic E-state index is 13.4. The van der Waals surface area contributed by atoms with Crippen molar-refractivity contribution in [3.8, 4) is 5.75 Å². The van der Waals surface area contributed by atoms with Crippen molar-refractivity contribution in [1.29, 1.82) is 0 Å². The lowest BCUT2D eigenvalue weighted by Gasteiger charge is -2.10. The molecule has 0 bridgehead atoms. The third-order valence-corrected chi connectivity index (χ3v) is 2.15.